The van der Waals surface area contributed by atoms with Crippen LogP contribution in [0.3, 0.4) is 0 Å². The van der Waals surface area contributed by atoms with E-state index in [1.54, 1.807) is 24.5 Å². The summed E-state index contributed by atoms with van der Waals surface area (Å²) in [7, 11) is -3.53. The number of rotatable bonds is 5. The van der Waals surface area contributed by atoms with Gasteiger partial charge in [-0.2, -0.15) is 0 Å². The number of benzene rings is 2. The molecule has 2 aromatic carbocycles. The van der Waals surface area contributed by atoms with Crippen LogP contribution >= 0.6 is 0 Å². The molecule has 1 aromatic heterocycles. The summed E-state index contributed by atoms with van der Waals surface area (Å²) in [4.78, 5) is 7.32. The van der Waals surface area contributed by atoms with E-state index in [1.807, 2.05) is 30.3 Å². The molecule has 0 aliphatic carbocycles. The molecule has 5 nitrogen and oxygen atoms in total. The average molecular weight is 301 g/mol. The van der Waals surface area contributed by atoms with Crippen LogP contribution in [0.4, 0.5) is 0 Å². The molecule has 0 amide bonds. The van der Waals surface area contributed by atoms with Gasteiger partial charge in [0.1, 0.15) is 5.82 Å². The van der Waals surface area contributed by atoms with E-state index in [2.05, 4.69) is 14.7 Å². The summed E-state index contributed by atoms with van der Waals surface area (Å²) in [6, 6.07) is 12.7. The maximum Gasteiger partial charge on any atom is 0.241 e. The van der Waals surface area contributed by atoms with Gasteiger partial charge in [0.25, 0.3) is 0 Å². The van der Waals surface area contributed by atoms with Gasteiger partial charge < -0.3 is 4.98 Å². The average Bonchev–Trinajstić information content (AvgIpc) is 3.00. The van der Waals surface area contributed by atoms with Gasteiger partial charge in [-0.15, -0.1) is 0 Å². The zero-order chi connectivity index (χ0) is 14.7. The lowest BCUT2D eigenvalue weighted by molar-refractivity contribution is 0.582. The number of nitrogens with zero attached hydrogens (tertiary/aromatic N) is 1. The molecular weight excluding hydrogens is 286 g/mol. The standard InChI is InChI=1S/C15H15N3O2S/c19-21(20,18-9-8-15-16-10-11-17-15)14-7-3-5-12-4-1-2-6-13(12)14/h1-7,10-11,18H,8-9H2,(H,16,17). The van der Waals surface area contributed by atoms with Crippen LogP contribution in [0.25, 0.3) is 10.8 Å². The molecule has 0 saturated carbocycles. The van der Waals surface area contributed by atoms with Gasteiger partial charge in [0, 0.05) is 30.7 Å². The molecule has 2 N–H and O–H groups in total. The van der Waals surface area contributed by atoms with Crippen LogP contribution in [-0.2, 0) is 16.4 Å². The Morgan fingerprint density at radius 2 is 1.90 bits per heavy atom. The van der Waals surface area contributed by atoms with Crippen molar-refractivity contribution in [2.24, 2.45) is 0 Å². The third-order valence-corrected chi connectivity index (χ3v) is 4.77. The van der Waals surface area contributed by atoms with Crippen molar-refractivity contribution in [3.8, 4) is 0 Å². The lowest BCUT2D eigenvalue weighted by atomic mass is 10.1. The Morgan fingerprint density at radius 3 is 2.71 bits per heavy atom. The summed E-state index contributed by atoms with van der Waals surface area (Å²) in [6.07, 6.45) is 3.89. The molecule has 1 heterocycles. The first-order chi connectivity index (χ1) is 10.2. The van der Waals surface area contributed by atoms with Crippen molar-refractivity contribution >= 4 is 20.8 Å². The Kier molecular flexibility index (Phi) is 3.72. The molecule has 0 fully saturated rings. The molecular formula is C15H15N3O2S. The highest BCUT2D eigenvalue weighted by Crippen LogP contribution is 2.22. The minimum atomic E-state index is -3.53. The number of imidazole rings is 1. The zero-order valence-corrected chi connectivity index (χ0v) is 12.1. The molecule has 6 heteroatoms. The first kappa shape index (κ1) is 13.8. The molecule has 0 bridgehead atoms. The first-order valence-electron chi connectivity index (χ1n) is 6.62. The van der Waals surface area contributed by atoms with Gasteiger partial charge in [-0.1, -0.05) is 36.4 Å². The normalized spacial score (nSPS) is 11.8. The van der Waals surface area contributed by atoms with Gasteiger partial charge in [0.05, 0.1) is 4.90 Å². The van der Waals surface area contributed by atoms with Gasteiger partial charge in [-0.25, -0.2) is 18.1 Å². The second-order valence-corrected chi connectivity index (χ2v) is 6.40. The Labute approximate surface area is 123 Å². The highest BCUT2D eigenvalue weighted by atomic mass is 32.2. The maximum absolute atomic E-state index is 12.4. The molecule has 0 aliphatic heterocycles. The zero-order valence-electron chi connectivity index (χ0n) is 11.3. The quantitative estimate of drug-likeness (QED) is 0.757. The summed E-state index contributed by atoms with van der Waals surface area (Å²) >= 11 is 0. The topological polar surface area (TPSA) is 74.8 Å². The SMILES string of the molecule is O=S(=O)(NCCc1ncc[nH]1)c1cccc2ccccc12. The minimum Gasteiger partial charge on any atom is -0.349 e. The number of aromatic nitrogens is 2. The number of H-pyrrole nitrogens is 1. The number of hydrogen-bond acceptors (Lipinski definition) is 3. The molecule has 3 rings (SSSR count). The van der Waals surface area contributed by atoms with Crippen LogP contribution < -0.4 is 4.72 Å². The van der Waals surface area contributed by atoms with Gasteiger partial charge in [-0.3, -0.25) is 0 Å². The Bertz CT molecular complexity index is 837. The van der Waals surface area contributed by atoms with E-state index in [4.69, 9.17) is 0 Å². The Balaban J connectivity index is 1.83. The molecule has 0 atom stereocenters. The van der Waals surface area contributed by atoms with E-state index in [9.17, 15) is 8.42 Å². The highest BCUT2D eigenvalue weighted by Gasteiger charge is 2.16. The minimum absolute atomic E-state index is 0.305. The lowest BCUT2D eigenvalue weighted by Gasteiger charge is -2.09. The maximum atomic E-state index is 12.4. The number of hydrogen-bond donors (Lipinski definition) is 2. The van der Waals surface area contributed by atoms with Crippen molar-refractivity contribution in [1.82, 2.24) is 14.7 Å². The van der Waals surface area contributed by atoms with Crippen molar-refractivity contribution in [2.75, 3.05) is 6.54 Å². The monoisotopic (exact) mass is 301 g/mol. The van der Waals surface area contributed by atoms with Crippen LogP contribution in [0.5, 0.6) is 0 Å². The molecule has 21 heavy (non-hydrogen) atoms. The molecule has 0 aliphatic rings. The number of nitrogens with one attached hydrogen (secondary N) is 2. The third kappa shape index (κ3) is 2.96. The van der Waals surface area contributed by atoms with Gasteiger partial charge in [0.15, 0.2) is 0 Å². The fourth-order valence-corrected chi connectivity index (χ4v) is 3.51. The summed E-state index contributed by atoms with van der Waals surface area (Å²) in [6.45, 7) is 0.305. The fraction of sp³-hybridized carbons (Fsp3) is 0.133. The number of aromatic amines is 1. The predicted octanol–water partition coefficient (Wildman–Crippen LogP) is 2.08. The van der Waals surface area contributed by atoms with Crippen LogP contribution in [0, 0.1) is 0 Å². The van der Waals surface area contributed by atoms with E-state index < -0.39 is 10.0 Å². The third-order valence-electron chi connectivity index (χ3n) is 3.25. The van der Waals surface area contributed by atoms with Crippen molar-refractivity contribution in [2.45, 2.75) is 11.3 Å². The second kappa shape index (κ2) is 5.67. The van der Waals surface area contributed by atoms with Crippen LogP contribution in [0.2, 0.25) is 0 Å². The number of fused-ring (bicyclic) bond motifs is 1. The summed E-state index contributed by atoms with van der Waals surface area (Å²) in [5.74, 6) is 0.760. The van der Waals surface area contributed by atoms with E-state index >= 15 is 0 Å². The van der Waals surface area contributed by atoms with Crippen LogP contribution in [0.1, 0.15) is 5.82 Å². The predicted molar refractivity (Wildman–Crippen MR) is 81.4 cm³/mol. The van der Waals surface area contributed by atoms with Gasteiger partial charge in [-0.05, 0) is 11.5 Å². The van der Waals surface area contributed by atoms with E-state index in [0.717, 1.165) is 16.6 Å². The summed E-state index contributed by atoms with van der Waals surface area (Å²) in [5.41, 5.74) is 0. The molecule has 0 spiro atoms. The Hall–Kier alpha value is -2.18. The highest BCUT2D eigenvalue weighted by molar-refractivity contribution is 7.89. The molecule has 0 unspecified atom stereocenters. The van der Waals surface area contributed by atoms with Gasteiger partial charge in [0.2, 0.25) is 10.0 Å². The second-order valence-electron chi connectivity index (χ2n) is 4.66. The first-order valence-corrected chi connectivity index (χ1v) is 8.11. The molecule has 108 valence electrons. The molecule has 0 saturated heterocycles. The Morgan fingerprint density at radius 1 is 1.10 bits per heavy atom. The fourth-order valence-electron chi connectivity index (χ4n) is 2.25. The van der Waals surface area contributed by atoms with E-state index in [1.165, 1.54) is 0 Å². The summed E-state index contributed by atoms with van der Waals surface area (Å²) < 4.78 is 27.5. The lowest BCUT2D eigenvalue weighted by Crippen LogP contribution is -2.26. The van der Waals surface area contributed by atoms with E-state index in [0.29, 0.717) is 17.9 Å². The smallest absolute Gasteiger partial charge is 0.241 e. The van der Waals surface area contributed by atoms with Gasteiger partial charge >= 0.3 is 0 Å². The largest absolute Gasteiger partial charge is 0.349 e. The summed E-state index contributed by atoms with van der Waals surface area (Å²) in [5, 5.41) is 1.64. The van der Waals surface area contributed by atoms with Crippen molar-refractivity contribution in [3.05, 3.63) is 60.7 Å². The number of sulfonamides is 1. The van der Waals surface area contributed by atoms with Crippen molar-refractivity contribution in [3.63, 3.8) is 0 Å². The molecule has 3 aromatic rings. The molecule has 0 radical (unpaired) electrons. The van der Waals surface area contributed by atoms with Crippen molar-refractivity contribution in [1.29, 1.82) is 0 Å². The van der Waals surface area contributed by atoms with Crippen LogP contribution in [-0.4, -0.2) is 24.9 Å². The van der Waals surface area contributed by atoms with Crippen molar-refractivity contribution < 1.29 is 8.42 Å². The van der Waals surface area contributed by atoms with E-state index in [-0.39, 0.29) is 0 Å². The van der Waals surface area contributed by atoms with Crippen LogP contribution in [0.15, 0.2) is 59.8 Å².